The fourth-order valence-electron chi connectivity index (χ4n) is 2.35. The predicted molar refractivity (Wildman–Crippen MR) is 83.0 cm³/mol. The van der Waals surface area contributed by atoms with Gasteiger partial charge in [-0.3, -0.25) is 0 Å². The van der Waals surface area contributed by atoms with Crippen LogP contribution in [0.5, 0.6) is 11.5 Å². The molecule has 0 saturated carbocycles. The number of ether oxygens (including phenoxy) is 2. The SMILES string of the molecule is CC1(C)Cc2cccc(O[CH]c3ccc(Br)cc3)c2O1. The highest BCUT2D eigenvalue weighted by Gasteiger charge is 2.32. The fraction of sp³-hybridized carbons (Fsp3) is 0.235. The molecule has 1 heterocycles. The van der Waals surface area contributed by atoms with Crippen molar-refractivity contribution in [3.05, 3.63) is 64.7 Å². The lowest BCUT2D eigenvalue weighted by Gasteiger charge is -2.18. The summed E-state index contributed by atoms with van der Waals surface area (Å²) in [6.07, 6.45) is 0.915. The summed E-state index contributed by atoms with van der Waals surface area (Å²) in [6.45, 7) is 5.93. The van der Waals surface area contributed by atoms with E-state index in [2.05, 4.69) is 35.8 Å². The van der Waals surface area contributed by atoms with E-state index in [1.54, 1.807) is 6.61 Å². The maximum absolute atomic E-state index is 5.98. The monoisotopic (exact) mass is 331 g/mol. The average Bonchev–Trinajstić information content (AvgIpc) is 2.72. The van der Waals surface area contributed by atoms with Crippen LogP contribution < -0.4 is 9.47 Å². The van der Waals surface area contributed by atoms with Crippen LogP contribution >= 0.6 is 15.9 Å². The molecule has 0 bridgehead atoms. The molecule has 0 N–H and O–H groups in total. The molecule has 2 nitrogen and oxygen atoms in total. The van der Waals surface area contributed by atoms with Gasteiger partial charge in [-0.05, 0) is 37.6 Å². The number of para-hydroxylation sites is 1. The Morgan fingerprint density at radius 2 is 1.90 bits per heavy atom. The van der Waals surface area contributed by atoms with E-state index in [-0.39, 0.29) is 5.60 Å². The molecule has 1 aliphatic rings. The summed E-state index contributed by atoms with van der Waals surface area (Å²) >= 11 is 3.42. The Labute approximate surface area is 127 Å². The molecule has 2 aromatic rings. The maximum atomic E-state index is 5.98. The highest BCUT2D eigenvalue weighted by molar-refractivity contribution is 9.10. The minimum absolute atomic E-state index is 0.153. The summed E-state index contributed by atoms with van der Waals surface area (Å²) in [7, 11) is 0. The van der Waals surface area contributed by atoms with Gasteiger partial charge in [0.05, 0.1) is 0 Å². The minimum atomic E-state index is -0.153. The molecule has 0 amide bonds. The Balaban J connectivity index is 1.76. The molecule has 0 spiro atoms. The van der Waals surface area contributed by atoms with Crippen LogP contribution in [0.4, 0.5) is 0 Å². The summed E-state index contributed by atoms with van der Waals surface area (Å²) in [5.74, 6) is 1.64. The highest BCUT2D eigenvalue weighted by atomic mass is 79.9. The zero-order valence-electron chi connectivity index (χ0n) is 11.5. The Kier molecular flexibility index (Phi) is 3.47. The van der Waals surface area contributed by atoms with E-state index in [1.807, 2.05) is 36.4 Å². The molecule has 0 aliphatic carbocycles. The van der Waals surface area contributed by atoms with Crippen molar-refractivity contribution in [3.8, 4) is 11.5 Å². The fourth-order valence-corrected chi connectivity index (χ4v) is 2.62. The molecular formula is C17H16BrO2. The van der Waals surface area contributed by atoms with Crippen molar-refractivity contribution < 1.29 is 9.47 Å². The average molecular weight is 332 g/mol. The summed E-state index contributed by atoms with van der Waals surface area (Å²) in [5, 5.41) is 0. The number of rotatable bonds is 3. The molecule has 103 valence electrons. The maximum Gasteiger partial charge on any atom is 0.165 e. The van der Waals surface area contributed by atoms with Gasteiger partial charge in [0.1, 0.15) is 5.60 Å². The van der Waals surface area contributed by atoms with Crippen LogP contribution in [0.15, 0.2) is 46.9 Å². The third-order valence-electron chi connectivity index (χ3n) is 3.25. The van der Waals surface area contributed by atoms with Crippen LogP contribution in [0.1, 0.15) is 25.0 Å². The van der Waals surface area contributed by atoms with E-state index in [0.717, 1.165) is 28.0 Å². The Bertz CT molecular complexity index is 617. The van der Waals surface area contributed by atoms with Gasteiger partial charge in [-0.25, -0.2) is 0 Å². The lowest BCUT2D eigenvalue weighted by Crippen LogP contribution is -2.24. The van der Waals surface area contributed by atoms with Crippen molar-refractivity contribution in [2.24, 2.45) is 0 Å². The van der Waals surface area contributed by atoms with Gasteiger partial charge in [-0.15, -0.1) is 0 Å². The zero-order chi connectivity index (χ0) is 14.2. The molecule has 0 unspecified atom stereocenters. The number of hydrogen-bond donors (Lipinski definition) is 0. The second-order valence-electron chi connectivity index (χ2n) is 5.57. The van der Waals surface area contributed by atoms with Crippen molar-refractivity contribution >= 4 is 15.9 Å². The number of fused-ring (bicyclic) bond motifs is 1. The Morgan fingerprint density at radius 3 is 2.65 bits per heavy atom. The Hall–Kier alpha value is -1.48. The number of hydrogen-bond acceptors (Lipinski definition) is 2. The summed E-state index contributed by atoms with van der Waals surface area (Å²) in [4.78, 5) is 0. The molecule has 3 rings (SSSR count). The summed E-state index contributed by atoms with van der Waals surface area (Å²) < 4.78 is 12.8. The van der Waals surface area contributed by atoms with E-state index in [0.29, 0.717) is 0 Å². The van der Waals surface area contributed by atoms with Gasteiger partial charge in [0.2, 0.25) is 0 Å². The van der Waals surface area contributed by atoms with Gasteiger partial charge in [0.25, 0.3) is 0 Å². The number of benzene rings is 2. The molecular weight excluding hydrogens is 316 g/mol. The van der Waals surface area contributed by atoms with Crippen molar-refractivity contribution in [1.29, 1.82) is 0 Å². The zero-order valence-corrected chi connectivity index (χ0v) is 13.1. The van der Waals surface area contributed by atoms with Crippen LogP contribution in [-0.4, -0.2) is 5.60 Å². The summed E-state index contributed by atoms with van der Waals surface area (Å²) in [5.41, 5.74) is 2.07. The topological polar surface area (TPSA) is 18.5 Å². The van der Waals surface area contributed by atoms with Crippen molar-refractivity contribution in [1.82, 2.24) is 0 Å². The highest BCUT2D eigenvalue weighted by Crippen LogP contribution is 2.42. The van der Waals surface area contributed by atoms with Gasteiger partial charge in [-0.2, -0.15) is 0 Å². The van der Waals surface area contributed by atoms with Crippen molar-refractivity contribution in [3.63, 3.8) is 0 Å². The third kappa shape index (κ3) is 2.83. The van der Waals surface area contributed by atoms with Gasteiger partial charge < -0.3 is 9.47 Å². The second kappa shape index (κ2) is 5.13. The van der Waals surface area contributed by atoms with Crippen molar-refractivity contribution in [2.45, 2.75) is 25.9 Å². The molecule has 3 heteroatoms. The molecule has 1 aliphatic heterocycles. The lowest BCUT2D eigenvalue weighted by atomic mass is 10.0. The van der Waals surface area contributed by atoms with Gasteiger partial charge in [0.15, 0.2) is 18.1 Å². The van der Waals surface area contributed by atoms with E-state index in [4.69, 9.17) is 9.47 Å². The predicted octanol–water partition coefficient (Wildman–Crippen LogP) is 4.75. The van der Waals surface area contributed by atoms with E-state index >= 15 is 0 Å². The molecule has 0 aromatic heterocycles. The largest absolute Gasteiger partial charge is 0.483 e. The van der Waals surface area contributed by atoms with Crippen LogP contribution in [0.2, 0.25) is 0 Å². The van der Waals surface area contributed by atoms with Gasteiger partial charge in [-0.1, -0.05) is 40.2 Å². The standard InChI is InChI=1S/C17H16BrO2/c1-17(2)10-13-4-3-5-15(16(13)20-17)19-11-12-6-8-14(18)9-7-12/h3-9,11H,10H2,1-2H3. The van der Waals surface area contributed by atoms with Crippen LogP contribution in [0.3, 0.4) is 0 Å². The molecule has 20 heavy (non-hydrogen) atoms. The van der Waals surface area contributed by atoms with E-state index < -0.39 is 0 Å². The lowest BCUT2D eigenvalue weighted by molar-refractivity contribution is 0.134. The first-order valence-electron chi connectivity index (χ1n) is 6.60. The van der Waals surface area contributed by atoms with Crippen molar-refractivity contribution in [2.75, 3.05) is 0 Å². The molecule has 0 atom stereocenters. The molecule has 2 aromatic carbocycles. The van der Waals surface area contributed by atoms with Crippen LogP contribution in [0.25, 0.3) is 0 Å². The molecule has 1 radical (unpaired) electrons. The summed E-state index contributed by atoms with van der Waals surface area (Å²) in [6, 6.07) is 14.0. The minimum Gasteiger partial charge on any atom is -0.483 e. The Morgan fingerprint density at radius 1 is 1.15 bits per heavy atom. The molecule has 0 saturated heterocycles. The van der Waals surface area contributed by atoms with Crippen LogP contribution in [-0.2, 0) is 6.42 Å². The third-order valence-corrected chi connectivity index (χ3v) is 3.78. The number of halogens is 1. The van der Waals surface area contributed by atoms with Gasteiger partial charge >= 0.3 is 0 Å². The first kappa shape index (κ1) is 13.5. The quantitative estimate of drug-likeness (QED) is 0.807. The van der Waals surface area contributed by atoms with E-state index in [9.17, 15) is 0 Å². The first-order chi connectivity index (χ1) is 9.53. The second-order valence-corrected chi connectivity index (χ2v) is 6.49. The van der Waals surface area contributed by atoms with Gasteiger partial charge in [0, 0.05) is 16.5 Å². The smallest absolute Gasteiger partial charge is 0.165 e. The first-order valence-corrected chi connectivity index (χ1v) is 7.39. The van der Waals surface area contributed by atoms with E-state index in [1.165, 1.54) is 5.56 Å². The normalized spacial score (nSPS) is 15.6. The molecule has 0 fully saturated rings. The van der Waals surface area contributed by atoms with Crippen LogP contribution in [0, 0.1) is 6.61 Å².